The number of amides is 1. The van der Waals surface area contributed by atoms with E-state index >= 15 is 0 Å². The van der Waals surface area contributed by atoms with E-state index in [1.807, 2.05) is 0 Å². The largest absolute Gasteiger partial charge is 0.328 e. The van der Waals surface area contributed by atoms with Gasteiger partial charge in [0.05, 0.1) is 15.7 Å². The molecule has 0 atom stereocenters. The van der Waals surface area contributed by atoms with Crippen molar-refractivity contribution in [2.45, 2.75) is 31.7 Å². The first-order valence-electron chi connectivity index (χ1n) is 6.08. The summed E-state index contributed by atoms with van der Waals surface area (Å²) in [5, 5.41) is 3.67. The SMILES string of the molecule is NC1CCC(C(=O)Nc2cccc(Cl)c2Cl)CC1. The standard InChI is InChI=1S/C13H16Cl2N2O/c14-10-2-1-3-11(12(10)15)17-13(18)8-4-6-9(16)7-5-8/h1-3,8-9H,4-7,16H2,(H,17,18). The summed E-state index contributed by atoms with van der Waals surface area (Å²) >= 11 is 11.9. The van der Waals surface area contributed by atoms with E-state index in [1.165, 1.54) is 0 Å². The van der Waals surface area contributed by atoms with Crippen molar-refractivity contribution in [3.63, 3.8) is 0 Å². The number of carbonyl (C=O) groups excluding carboxylic acids is 1. The Kier molecular flexibility index (Phi) is 4.49. The van der Waals surface area contributed by atoms with E-state index in [0.717, 1.165) is 25.7 Å². The van der Waals surface area contributed by atoms with Crippen LogP contribution in [0.4, 0.5) is 5.69 Å². The molecule has 1 saturated carbocycles. The van der Waals surface area contributed by atoms with Gasteiger partial charge in [0.15, 0.2) is 0 Å². The van der Waals surface area contributed by atoms with E-state index < -0.39 is 0 Å². The smallest absolute Gasteiger partial charge is 0.227 e. The summed E-state index contributed by atoms with van der Waals surface area (Å²) in [6.45, 7) is 0. The van der Waals surface area contributed by atoms with Gasteiger partial charge in [0.1, 0.15) is 0 Å². The quantitative estimate of drug-likeness (QED) is 0.875. The van der Waals surface area contributed by atoms with Crippen molar-refractivity contribution in [2.75, 3.05) is 5.32 Å². The molecule has 1 aromatic carbocycles. The fourth-order valence-electron chi connectivity index (χ4n) is 2.22. The molecule has 0 radical (unpaired) electrons. The van der Waals surface area contributed by atoms with Crippen LogP contribution in [0.3, 0.4) is 0 Å². The minimum absolute atomic E-state index is 0.00562. The summed E-state index contributed by atoms with van der Waals surface area (Å²) in [6.07, 6.45) is 3.49. The van der Waals surface area contributed by atoms with Crippen LogP contribution in [-0.4, -0.2) is 11.9 Å². The highest BCUT2D eigenvalue weighted by Crippen LogP contribution is 2.31. The van der Waals surface area contributed by atoms with Crippen molar-refractivity contribution in [1.29, 1.82) is 0 Å². The van der Waals surface area contributed by atoms with Crippen LogP contribution in [0.5, 0.6) is 0 Å². The highest BCUT2D eigenvalue weighted by Gasteiger charge is 2.25. The van der Waals surface area contributed by atoms with Crippen LogP contribution in [0.2, 0.25) is 10.0 Å². The normalized spacial score (nSPS) is 23.7. The first kappa shape index (κ1) is 13.7. The average Bonchev–Trinajstić information content (AvgIpc) is 2.36. The summed E-state index contributed by atoms with van der Waals surface area (Å²) in [5.41, 5.74) is 6.40. The van der Waals surface area contributed by atoms with Crippen LogP contribution in [-0.2, 0) is 4.79 Å². The minimum Gasteiger partial charge on any atom is -0.328 e. The van der Waals surface area contributed by atoms with Gasteiger partial charge in [-0.15, -0.1) is 0 Å². The monoisotopic (exact) mass is 286 g/mol. The molecule has 3 N–H and O–H groups in total. The van der Waals surface area contributed by atoms with Crippen molar-refractivity contribution in [1.82, 2.24) is 0 Å². The molecule has 0 aromatic heterocycles. The van der Waals surface area contributed by atoms with E-state index in [0.29, 0.717) is 15.7 Å². The van der Waals surface area contributed by atoms with Crippen LogP contribution in [0.15, 0.2) is 18.2 Å². The van der Waals surface area contributed by atoms with Crippen molar-refractivity contribution >= 4 is 34.8 Å². The van der Waals surface area contributed by atoms with Crippen molar-refractivity contribution < 1.29 is 4.79 Å². The number of anilines is 1. The number of hydrogen-bond donors (Lipinski definition) is 2. The summed E-state index contributed by atoms with van der Waals surface area (Å²) in [6, 6.07) is 5.45. The molecule has 0 bridgehead atoms. The number of hydrogen-bond acceptors (Lipinski definition) is 2. The molecule has 5 heteroatoms. The van der Waals surface area contributed by atoms with Crippen molar-refractivity contribution in [3.8, 4) is 0 Å². The second kappa shape index (κ2) is 5.91. The molecule has 0 saturated heterocycles. The third-order valence-corrected chi connectivity index (χ3v) is 4.17. The van der Waals surface area contributed by atoms with E-state index in [1.54, 1.807) is 18.2 Å². The zero-order valence-electron chi connectivity index (χ0n) is 9.96. The maximum atomic E-state index is 12.1. The van der Waals surface area contributed by atoms with Gasteiger partial charge in [0.25, 0.3) is 0 Å². The van der Waals surface area contributed by atoms with Gasteiger partial charge >= 0.3 is 0 Å². The maximum Gasteiger partial charge on any atom is 0.227 e. The van der Waals surface area contributed by atoms with Crippen LogP contribution >= 0.6 is 23.2 Å². The number of carbonyl (C=O) groups is 1. The number of halogens is 2. The van der Waals surface area contributed by atoms with Gasteiger partial charge in [-0.05, 0) is 37.8 Å². The topological polar surface area (TPSA) is 55.1 Å². The Hall–Kier alpha value is -0.770. The minimum atomic E-state index is 0.00562. The first-order chi connectivity index (χ1) is 8.58. The van der Waals surface area contributed by atoms with Gasteiger partial charge in [-0.3, -0.25) is 4.79 Å². The Bertz CT molecular complexity index is 443. The molecule has 98 valence electrons. The molecule has 0 unspecified atom stereocenters. The molecule has 18 heavy (non-hydrogen) atoms. The van der Waals surface area contributed by atoms with Gasteiger partial charge in [-0.1, -0.05) is 29.3 Å². The molecule has 0 spiro atoms. The van der Waals surface area contributed by atoms with Gasteiger partial charge < -0.3 is 11.1 Å². The molecular weight excluding hydrogens is 271 g/mol. The molecule has 1 amide bonds. The molecule has 1 aliphatic rings. The van der Waals surface area contributed by atoms with E-state index in [2.05, 4.69) is 5.32 Å². The van der Waals surface area contributed by atoms with Crippen LogP contribution in [0.1, 0.15) is 25.7 Å². The number of rotatable bonds is 2. The number of benzene rings is 1. The van der Waals surface area contributed by atoms with E-state index in [9.17, 15) is 4.79 Å². The molecule has 0 heterocycles. The van der Waals surface area contributed by atoms with Crippen LogP contribution in [0, 0.1) is 5.92 Å². The second-order valence-electron chi connectivity index (χ2n) is 4.70. The first-order valence-corrected chi connectivity index (χ1v) is 6.84. The second-order valence-corrected chi connectivity index (χ2v) is 5.49. The van der Waals surface area contributed by atoms with E-state index in [-0.39, 0.29) is 17.9 Å². The van der Waals surface area contributed by atoms with Crippen LogP contribution in [0.25, 0.3) is 0 Å². The zero-order chi connectivity index (χ0) is 13.1. The molecule has 0 aliphatic heterocycles. The van der Waals surface area contributed by atoms with Gasteiger partial charge in [-0.2, -0.15) is 0 Å². The van der Waals surface area contributed by atoms with Crippen molar-refractivity contribution in [3.05, 3.63) is 28.2 Å². The Morgan fingerprint density at radius 1 is 1.22 bits per heavy atom. The van der Waals surface area contributed by atoms with Gasteiger partial charge in [0.2, 0.25) is 5.91 Å². The molecule has 2 rings (SSSR count). The molecule has 3 nitrogen and oxygen atoms in total. The molecule has 1 aliphatic carbocycles. The fourth-order valence-corrected chi connectivity index (χ4v) is 2.56. The predicted molar refractivity (Wildman–Crippen MR) is 75.0 cm³/mol. The predicted octanol–water partition coefficient (Wildman–Crippen LogP) is 3.45. The third kappa shape index (κ3) is 3.16. The summed E-state index contributed by atoms with van der Waals surface area (Å²) in [4.78, 5) is 12.1. The lowest BCUT2D eigenvalue weighted by atomic mass is 9.86. The lowest BCUT2D eigenvalue weighted by molar-refractivity contribution is -0.120. The third-order valence-electron chi connectivity index (χ3n) is 3.35. The molecule has 1 aromatic rings. The highest BCUT2D eigenvalue weighted by molar-refractivity contribution is 6.43. The Morgan fingerprint density at radius 3 is 2.56 bits per heavy atom. The fraction of sp³-hybridized carbons (Fsp3) is 0.462. The summed E-state index contributed by atoms with van der Waals surface area (Å²) in [5.74, 6) is 0.0333. The van der Waals surface area contributed by atoms with Crippen LogP contribution < -0.4 is 11.1 Å². The number of nitrogens with one attached hydrogen (secondary N) is 1. The van der Waals surface area contributed by atoms with E-state index in [4.69, 9.17) is 28.9 Å². The average molecular weight is 287 g/mol. The Morgan fingerprint density at radius 2 is 1.89 bits per heavy atom. The maximum absolute atomic E-state index is 12.1. The van der Waals surface area contributed by atoms with Crippen molar-refractivity contribution in [2.24, 2.45) is 11.7 Å². The summed E-state index contributed by atoms with van der Waals surface area (Å²) < 4.78 is 0. The Balaban J connectivity index is 2.01. The molecular formula is C13H16Cl2N2O. The number of nitrogens with two attached hydrogens (primary N) is 1. The Labute approximate surface area is 117 Å². The lowest BCUT2D eigenvalue weighted by Crippen LogP contribution is -2.32. The lowest BCUT2D eigenvalue weighted by Gasteiger charge is -2.25. The van der Waals surface area contributed by atoms with Gasteiger partial charge in [0, 0.05) is 12.0 Å². The molecule has 1 fully saturated rings. The zero-order valence-corrected chi connectivity index (χ0v) is 11.5. The summed E-state index contributed by atoms with van der Waals surface area (Å²) in [7, 11) is 0. The van der Waals surface area contributed by atoms with Gasteiger partial charge in [-0.25, -0.2) is 0 Å². The highest BCUT2D eigenvalue weighted by atomic mass is 35.5.